The third-order valence-electron chi connectivity index (χ3n) is 1.16. The molecule has 0 saturated carbocycles. The van der Waals surface area contributed by atoms with E-state index >= 15 is 0 Å². The fourth-order valence-electron chi connectivity index (χ4n) is 0.686. The topological polar surface area (TPSA) is 50.2 Å². The largest absolute Gasteiger partial charge is 0.476 e. The van der Waals surface area contributed by atoms with Crippen molar-refractivity contribution < 1.29 is 9.90 Å². The summed E-state index contributed by atoms with van der Waals surface area (Å²) in [5, 5.41) is 9.36. The first-order valence-corrected chi connectivity index (χ1v) is 5.15. The molecule has 1 N–H and O–H groups in total. The zero-order valence-electron chi connectivity index (χ0n) is 6.03. The Labute approximate surface area is 81.9 Å². The van der Waals surface area contributed by atoms with Gasteiger partial charge < -0.3 is 5.11 Å². The average molecular weight is 248 g/mol. The number of allylic oxidation sites excluding steroid dienone is 1. The molecule has 0 aliphatic rings. The standard InChI is InChI=1S/C7H6BrNO2S/c8-3-1-2-5-6(7(10)11)9-4-12-5/h1-2,4H,3H2,(H,10,11). The van der Waals surface area contributed by atoms with Crippen LogP contribution >= 0.6 is 27.3 Å². The average Bonchev–Trinajstić information content (AvgIpc) is 2.48. The maximum atomic E-state index is 10.5. The Kier molecular flexibility index (Phi) is 3.43. The first kappa shape index (κ1) is 9.41. The number of nitrogens with zero attached hydrogens (tertiary/aromatic N) is 1. The van der Waals surface area contributed by atoms with E-state index in [0.29, 0.717) is 10.2 Å². The number of halogens is 1. The van der Waals surface area contributed by atoms with Crippen molar-refractivity contribution in [2.45, 2.75) is 0 Å². The van der Waals surface area contributed by atoms with Gasteiger partial charge in [-0.2, -0.15) is 0 Å². The van der Waals surface area contributed by atoms with Crippen molar-refractivity contribution in [1.29, 1.82) is 0 Å². The second kappa shape index (κ2) is 4.37. The molecule has 12 heavy (non-hydrogen) atoms. The highest BCUT2D eigenvalue weighted by atomic mass is 79.9. The van der Waals surface area contributed by atoms with Crippen LogP contribution in [-0.2, 0) is 0 Å². The van der Waals surface area contributed by atoms with Crippen LogP contribution in [0.25, 0.3) is 6.08 Å². The third kappa shape index (κ3) is 2.15. The summed E-state index contributed by atoms with van der Waals surface area (Å²) in [5.41, 5.74) is 1.65. The van der Waals surface area contributed by atoms with Gasteiger partial charge in [-0.05, 0) is 6.08 Å². The molecule has 0 fully saturated rings. The number of rotatable bonds is 3. The lowest BCUT2D eigenvalue weighted by atomic mass is 10.3. The molecule has 0 saturated heterocycles. The van der Waals surface area contributed by atoms with Gasteiger partial charge in [0.25, 0.3) is 0 Å². The molecule has 1 rings (SSSR count). The van der Waals surface area contributed by atoms with Crippen molar-refractivity contribution in [3.05, 3.63) is 22.2 Å². The minimum absolute atomic E-state index is 0.122. The Morgan fingerprint density at radius 1 is 1.83 bits per heavy atom. The predicted octanol–water partition coefficient (Wildman–Crippen LogP) is 2.25. The zero-order valence-corrected chi connectivity index (χ0v) is 8.43. The Hall–Kier alpha value is -0.680. The Morgan fingerprint density at radius 3 is 3.17 bits per heavy atom. The molecule has 0 aliphatic heterocycles. The molecule has 0 radical (unpaired) electrons. The number of carboxylic acids is 1. The fourth-order valence-corrected chi connectivity index (χ4v) is 1.57. The molecule has 0 aliphatic carbocycles. The number of hydrogen-bond acceptors (Lipinski definition) is 3. The van der Waals surface area contributed by atoms with Crippen molar-refractivity contribution >= 4 is 39.3 Å². The summed E-state index contributed by atoms with van der Waals surface area (Å²) in [7, 11) is 0. The first-order valence-electron chi connectivity index (χ1n) is 3.15. The molecule has 3 nitrogen and oxygen atoms in total. The van der Waals surface area contributed by atoms with Gasteiger partial charge in [0.05, 0.1) is 10.4 Å². The maximum absolute atomic E-state index is 10.5. The first-order chi connectivity index (χ1) is 5.75. The van der Waals surface area contributed by atoms with Crippen LogP contribution in [0.5, 0.6) is 0 Å². The quantitative estimate of drug-likeness (QED) is 0.834. The van der Waals surface area contributed by atoms with E-state index in [0.717, 1.165) is 0 Å². The van der Waals surface area contributed by atoms with Gasteiger partial charge in [0.15, 0.2) is 5.69 Å². The Morgan fingerprint density at radius 2 is 2.58 bits per heavy atom. The molecule has 1 heterocycles. The highest BCUT2D eigenvalue weighted by Gasteiger charge is 2.09. The van der Waals surface area contributed by atoms with Crippen LogP contribution in [0.2, 0.25) is 0 Å². The Bertz CT molecular complexity index is 308. The van der Waals surface area contributed by atoms with E-state index in [1.165, 1.54) is 16.8 Å². The number of aromatic nitrogens is 1. The van der Waals surface area contributed by atoms with Gasteiger partial charge in [0.2, 0.25) is 0 Å². The molecule has 0 spiro atoms. The molecule has 0 bridgehead atoms. The van der Waals surface area contributed by atoms with Crippen LogP contribution in [-0.4, -0.2) is 21.4 Å². The number of carboxylic acid groups (broad SMARTS) is 1. The molecule has 1 aromatic heterocycles. The molecule has 0 amide bonds. The van der Waals surface area contributed by atoms with E-state index in [1.54, 1.807) is 6.08 Å². The van der Waals surface area contributed by atoms with Gasteiger partial charge >= 0.3 is 5.97 Å². The summed E-state index contributed by atoms with van der Waals surface area (Å²) >= 11 is 4.52. The van der Waals surface area contributed by atoms with E-state index in [1.807, 2.05) is 6.08 Å². The van der Waals surface area contributed by atoms with Crippen LogP contribution in [0.1, 0.15) is 15.4 Å². The zero-order chi connectivity index (χ0) is 8.97. The monoisotopic (exact) mass is 247 g/mol. The second-order valence-corrected chi connectivity index (χ2v) is 3.46. The van der Waals surface area contributed by atoms with Crippen LogP contribution in [0.15, 0.2) is 11.6 Å². The molecular formula is C7H6BrNO2S. The number of aromatic carboxylic acids is 1. The summed E-state index contributed by atoms with van der Waals surface area (Å²) in [5.74, 6) is -0.981. The lowest BCUT2D eigenvalue weighted by Gasteiger charge is -1.88. The summed E-state index contributed by atoms with van der Waals surface area (Å²) in [6, 6.07) is 0. The van der Waals surface area contributed by atoms with Crippen molar-refractivity contribution in [1.82, 2.24) is 4.98 Å². The van der Waals surface area contributed by atoms with Gasteiger partial charge in [0, 0.05) is 5.33 Å². The maximum Gasteiger partial charge on any atom is 0.356 e. The number of carbonyl (C=O) groups is 1. The smallest absolute Gasteiger partial charge is 0.356 e. The fraction of sp³-hybridized carbons (Fsp3) is 0.143. The van der Waals surface area contributed by atoms with Crippen LogP contribution in [0, 0.1) is 0 Å². The van der Waals surface area contributed by atoms with Crippen molar-refractivity contribution in [3.8, 4) is 0 Å². The minimum Gasteiger partial charge on any atom is -0.476 e. The van der Waals surface area contributed by atoms with Gasteiger partial charge in [-0.1, -0.05) is 22.0 Å². The molecule has 0 aromatic carbocycles. The predicted molar refractivity (Wildman–Crippen MR) is 51.9 cm³/mol. The third-order valence-corrected chi connectivity index (χ3v) is 2.32. The van der Waals surface area contributed by atoms with Crippen molar-refractivity contribution in [2.75, 3.05) is 5.33 Å². The molecule has 1 aromatic rings. The van der Waals surface area contributed by atoms with E-state index in [4.69, 9.17) is 5.11 Å². The molecule has 0 atom stereocenters. The number of hydrogen-bond donors (Lipinski definition) is 1. The second-order valence-electron chi connectivity index (χ2n) is 1.93. The van der Waals surface area contributed by atoms with Crippen LogP contribution in [0.3, 0.4) is 0 Å². The minimum atomic E-state index is -0.981. The summed E-state index contributed by atoms with van der Waals surface area (Å²) in [6.07, 6.45) is 3.58. The molecule has 64 valence electrons. The van der Waals surface area contributed by atoms with Crippen LogP contribution in [0.4, 0.5) is 0 Å². The Balaban J connectivity index is 2.91. The molecule has 0 unspecified atom stereocenters. The highest BCUT2D eigenvalue weighted by Crippen LogP contribution is 2.15. The molecular weight excluding hydrogens is 242 g/mol. The van der Waals surface area contributed by atoms with Crippen LogP contribution < -0.4 is 0 Å². The number of thiazole rings is 1. The summed E-state index contributed by atoms with van der Waals surface area (Å²) in [4.78, 5) is 14.9. The van der Waals surface area contributed by atoms with Crippen molar-refractivity contribution in [2.24, 2.45) is 0 Å². The van der Waals surface area contributed by atoms with Crippen molar-refractivity contribution in [3.63, 3.8) is 0 Å². The number of alkyl halides is 1. The van der Waals surface area contributed by atoms with Gasteiger partial charge in [-0.15, -0.1) is 11.3 Å². The van der Waals surface area contributed by atoms with Gasteiger partial charge in [-0.3, -0.25) is 0 Å². The van der Waals surface area contributed by atoms with E-state index < -0.39 is 5.97 Å². The van der Waals surface area contributed by atoms with E-state index in [-0.39, 0.29) is 5.69 Å². The van der Waals surface area contributed by atoms with Gasteiger partial charge in [0.1, 0.15) is 0 Å². The van der Waals surface area contributed by atoms with Gasteiger partial charge in [-0.25, -0.2) is 9.78 Å². The molecule has 5 heteroatoms. The summed E-state index contributed by atoms with van der Waals surface area (Å²) < 4.78 is 0. The summed E-state index contributed by atoms with van der Waals surface area (Å²) in [6.45, 7) is 0. The van der Waals surface area contributed by atoms with E-state index in [9.17, 15) is 4.79 Å². The van der Waals surface area contributed by atoms with E-state index in [2.05, 4.69) is 20.9 Å². The lowest BCUT2D eigenvalue weighted by molar-refractivity contribution is 0.0691. The lowest BCUT2D eigenvalue weighted by Crippen LogP contribution is -1.97. The SMILES string of the molecule is O=C(O)c1ncsc1C=CCBr. The highest BCUT2D eigenvalue weighted by molar-refractivity contribution is 9.09. The normalized spacial score (nSPS) is 10.8.